The standard InChI is InChI=1S/C14H20N4OS/c1-3-9-6-10-12(16-14(15)17-13(10)20-9)18-5-4-8(2)11(19)7-18/h6,8,11,19H,3-5,7H2,1-2H3,(H2,15,16,17). The second-order valence-corrected chi connectivity index (χ2v) is 6.59. The molecule has 3 rings (SSSR count). The van der Waals surface area contributed by atoms with E-state index in [0.717, 1.165) is 35.4 Å². The van der Waals surface area contributed by atoms with Crippen LogP contribution in [0.25, 0.3) is 10.2 Å². The number of aromatic nitrogens is 2. The van der Waals surface area contributed by atoms with Gasteiger partial charge in [-0.3, -0.25) is 0 Å². The van der Waals surface area contributed by atoms with Gasteiger partial charge in [-0.2, -0.15) is 4.98 Å². The van der Waals surface area contributed by atoms with Gasteiger partial charge in [0.05, 0.1) is 11.5 Å². The fourth-order valence-corrected chi connectivity index (χ4v) is 3.60. The summed E-state index contributed by atoms with van der Waals surface area (Å²) in [6, 6.07) is 2.15. The number of nitrogens with two attached hydrogens (primary N) is 1. The maximum atomic E-state index is 10.1. The van der Waals surface area contributed by atoms with Crippen LogP contribution in [-0.2, 0) is 6.42 Å². The van der Waals surface area contributed by atoms with Crippen molar-refractivity contribution in [2.75, 3.05) is 23.7 Å². The van der Waals surface area contributed by atoms with E-state index in [9.17, 15) is 5.11 Å². The highest BCUT2D eigenvalue weighted by Gasteiger charge is 2.26. The highest BCUT2D eigenvalue weighted by atomic mass is 32.1. The number of aliphatic hydroxyl groups excluding tert-OH is 1. The van der Waals surface area contributed by atoms with Crippen LogP contribution in [0, 0.1) is 5.92 Å². The van der Waals surface area contributed by atoms with Crippen molar-refractivity contribution >= 4 is 33.3 Å². The van der Waals surface area contributed by atoms with Gasteiger partial charge in [0, 0.05) is 18.0 Å². The molecule has 1 saturated heterocycles. The molecule has 5 nitrogen and oxygen atoms in total. The normalized spacial score (nSPS) is 23.4. The molecule has 1 fully saturated rings. The molecule has 20 heavy (non-hydrogen) atoms. The fourth-order valence-electron chi connectivity index (χ4n) is 2.63. The number of fused-ring (bicyclic) bond motifs is 1. The molecule has 0 aliphatic carbocycles. The number of β-amino-alcohol motifs (C(OH)–C–C–N with tert-alkyl or cyclic N) is 1. The Morgan fingerprint density at radius 3 is 3.00 bits per heavy atom. The van der Waals surface area contributed by atoms with Crippen LogP contribution < -0.4 is 10.6 Å². The van der Waals surface area contributed by atoms with Crippen LogP contribution in [0.3, 0.4) is 0 Å². The van der Waals surface area contributed by atoms with Gasteiger partial charge >= 0.3 is 0 Å². The lowest BCUT2D eigenvalue weighted by molar-refractivity contribution is 0.103. The Kier molecular flexibility index (Phi) is 3.52. The Morgan fingerprint density at radius 1 is 1.50 bits per heavy atom. The molecule has 3 N–H and O–H groups in total. The first-order chi connectivity index (χ1) is 9.58. The molecule has 2 aromatic rings. The lowest BCUT2D eigenvalue weighted by Gasteiger charge is -2.35. The first kappa shape index (κ1) is 13.6. The highest BCUT2D eigenvalue weighted by Crippen LogP contribution is 2.33. The van der Waals surface area contributed by atoms with E-state index in [2.05, 4.69) is 34.8 Å². The van der Waals surface area contributed by atoms with Crippen molar-refractivity contribution in [2.45, 2.75) is 32.8 Å². The Bertz CT molecular complexity index is 627. The van der Waals surface area contributed by atoms with Gasteiger partial charge in [0.2, 0.25) is 5.95 Å². The van der Waals surface area contributed by atoms with E-state index in [1.54, 1.807) is 11.3 Å². The molecule has 0 saturated carbocycles. The third kappa shape index (κ3) is 2.33. The van der Waals surface area contributed by atoms with Crippen LogP contribution in [-0.4, -0.2) is 34.3 Å². The van der Waals surface area contributed by atoms with E-state index < -0.39 is 0 Å². The van der Waals surface area contributed by atoms with Crippen LogP contribution in [0.2, 0.25) is 0 Å². The van der Waals surface area contributed by atoms with Gasteiger partial charge in [-0.25, -0.2) is 4.98 Å². The summed E-state index contributed by atoms with van der Waals surface area (Å²) in [4.78, 5) is 13.1. The summed E-state index contributed by atoms with van der Waals surface area (Å²) in [5, 5.41) is 11.1. The largest absolute Gasteiger partial charge is 0.391 e. The predicted molar refractivity (Wildman–Crippen MR) is 83.2 cm³/mol. The third-order valence-electron chi connectivity index (χ3n) is 4.01. The second kappa shape index (κ2) is 5.18. The minimum Gasteiger partial charge on any atom is -0.391 e. The van der Waals surface area contributed by atoms with E-state index >= 15 is 0 Å². The molecule has 0 aromatic carbocycles. The van der Waals surface area contributed by atoms with Crippen LogP contribution in [0.1, 0.15) is 25.1 Å². The summed E-state index contributed by atoms with van der Waals surface area (Å²) in [6.45, 7) is 5.74. The number of aryl methyl sites for hydroxylation is 1. The molecule has 2 atom stereocenters. The maximum absolute atomic E-state index is 10.1. The van der Waals surface area contributed by atoms with E-state index in [0.29, 0.717) is 18.4 Å². The number of nitrogens with zero attached hydrogens (tertiary/aromatic N) is 3. The quantitative estimate of drug-likeness (QED) is 0.886. The molecular weight excluding hydrogens is 272 g/mol. The van der Waals surface area contributed by atoms with Crippen molar-refractivity contribution in [1.82, 2.24) is 9.97 Å². The van der Waals surface area contributed by atoms with Crippen molar-refractivity contribution in [3.05, 3.63) is 10.9 Å². The van der Waals surface area contributed by atoms with Gasteiger partial charge in [0.15, 0.2) is 0 Å². The van der Waals surface area contributed by atoms with Crippen molar-refractivity contribution in [1.29, 1.82) is 0 Å². The molecule has 2 aromatic heterocycles. The Morgan fingerprint density at radius 2 is 2.30 bits per heavy atom. The van der Waals surface area contributed by atoms with E-state index in [1.807, 2.05) is 0 Å². The zero-order valence-corrected chi connectivity index (χ0v) is 12.7. The monoisotopic (exact) mass is 292 g/mol. The number of hydrogen-bond acceptors (Lipinski definition) is 6. The SMILES string of the molecule is CCc1cc2c(N3CCC(C)C(O)C3)nc(N)nc2s1. The molecule has 1 aliphatic rings. The second-order valence-electron chi connectivity index (χ2n) is 5.47. The number of thiophene rings is 1. The summed E-state index contributed by atoms with van der Waals surface area (Å²) in [5.41, 5.74) is 5.84. The van der Waals surface area contributed by atoms with Crippen molar-refractivity contribution in [2.24, 2.45) is 5.92 Å². The molecule has 0 spiro atoms. The zero-order valence-electron chi connectivity index (χ0n) is 11.8. The molecule has 108 valence electrons. The number of aliphatic hydroxyl groups is 1. The van der Waals surface area contributed by atoms with Crippen molar-refractivity contribution < 1.29 is 5.11 Å². The predicted octanol–water partition coefficient (Wildman–Crippen LogP) is 2.04. The molecule has 0 radical (unpaired) electrons. The molecule has 3 heterocycles. The molecule has 1 aliphatic heterocycles. The number of nitrogen functional groups attached to an aromatic ring is 1. The van der Waals surface area contributed by atoms with E-state index in [-0.39, 0.29) is 6.10 Å². The Balaban J connectivity index is 2.03. The van der Waals surface area contributed by atoms with Crippen LogP contribution in [0.4, 0.5) is 11.8 Å². The highest BCUT2D eigenvalue weighted by molar-refractivity contribution is 7.18. The van der Waals surface area contributed by atoms with Crippen molar-refractivity contribution in [3.8, 4) is 0 Å². The van der Waals surface area contributed by atoms with Gasteiger partial charge in [-0.05, 0) is 24.8 Å². The van der Waals surface area contributed by atoms with Crippen molar-refractivity contribution in [3.63, 3.8) is 0 Å². The van der Waals surface area contributed by atoms with Gasteiger partial charge in [-0.15, -0.1) is 11.3 Å². The van der Waals surface area contributed by atoms with Crippen LogP contribution >= 0.6 is 11.3 Å². The summed E-state index contributed by atoms with van der Waals surface area (Å²) in [5.74, 6) is 1.52. The lowest BCUT2D eigenvalue weighted by Crippen LogP contribution is -2.43. The van der Waals surface area contributed by atoms with Gasteiger partial charge in [0.25, 0.3) is 0 Å². The lowest BCUT2D eigenvalue weighted by atomic mass is 9.96. The smallest absolute Gasteiger partial charge is 0.223 e. The number of piperidine rings is 1. The number of hydrogen-bond donors (Lipinski definition) is 2. The maximum Gasteiger partial charge on any atom is 0.223 e. The van der Waals surface area contributed by atoms with Gasteiger partial charge in [0.1, 0.15) is 10.6 Å². The van der Waals surface area contributed by atoms with Crippen LogP contribution in [0.5, 0.6) is 0 Å². The Hall–Kier alpha value is -1.40. The molecule has 2 unspecified atom stereocenters. The number of rotatable bonds is 2. The first-order valence-corrected chi connectivity index (χ1v) is 7.89. The fraction of sp³-hybridized carbons (Fsp3) is 0.571. The molecular formula is C14H20N4OS. The molecule has 0 bridgehead atoms. The average molecular weight is 292 g/mol. The molecule has 6 heteroatoms. The minimum absolute atomic E-state index is 0.306. The summed E-state index contributed by atoms with van der Waals surface area (Å²) < 4.78 is 0. The summed E-state index contributed by atoms with van der Waals surface area (Å²) in [7, 11) is 0. The Labute approximate surface area is 122 Å². The van der Waals surface area contributed by atoms with E-state index in [4.69, 9.17) is 5.73 Å². The topological polar surface area (TPSA) is 75.3 Å². The van der Waals surface area contributed by atoms with Gasteiger partial charge < -0.3 is 15.7 Å². The van der Waals surface area contributed by atoms with Gasteiger partial charge in [-0.1, -0.05) is 13.8 Å². The minimum atomic E-state index is -0.306. The average Bonchev–Trinajstić information content (AvgIpc) is 2.83. The number of anilines is 2. The first-order valence-electron chi connectivity index (χ1n) is 7.07. The summed E-state index contributed by atoms with van der Waals surface area (Å²) >= 11 is 1.67. The van der Waals surface area contributed by atoms with Crippen LogP contribution in [0.15, 0.2) is 6.07 Å². The molecule has 0 amide bonds. The zero-order chi connectivity index (χ0) is 14.3. The van der Waals surface area contributed by atoms with E-state index in [1.165, 1.54) is 4.88 Å². The summed E-state index contributed by atoms with van der Waals surface area (Å²) in [6.07, 6.45) is 1.65. The third-order valence-corrected chi connectivity index (χ3v) is 5.18.